The summed E-state index contributed by atoms with van der Waals surface area (Å²) < 4.78 is 0. The number of aldehydes is 1. The van der Waals surface area contributed by atoms with Crippen LogP contribution in [0.5, 0.6) is 0 Å². The van der Waals surface area contributed by atoms with Crippen molar-refractivity contribution in [3.63, 3.8) is 0 Å². The molecule has 1 aliphatic rings. The second-order valence-corrected chi connectivity index (χ2v) is 4.28. The maximum absolute atomic E-state index is 10.4. The first kappa shape index (κ1) is 10.4. The molecule has 1 fully saturated rings. The Morgan fingerprint density at radius 1 is 1.33 bits per heavy atom. The van der Waals surface area contributed by atoms with Gasteiger partial charge in [-0.15, -0.1) is 0 Å². The molecule has 2 rings (SSSR count). The highest BCUT2D eigenvalue weighted by molar-refractivity contribution is 5.49. The molecule has 1 aliphatic heterocycles. The normalized spacial score (nSPS) is 21.7. The minimum atomic E-state index is 0.589. The van der Waals surface area contributed by atoms with Crippen LogP contribution in [0, 0.1) is 5.92 Å². The topological polar surface area (TPSA) is 20.3 Å². The molecule has 1 aromatic rings. The summed E-state index contributed by atoms with van der Waals surface area (Å²) in [4.78, 5) is 12.8. The Bertz CT molecular complexity index is 310. The van der Waals surface area contributed by atoms with Gasteiger partial charge in [0.05, 0.1) is 0 Å². The Kier molecular flexibility index (Phi) is 3.51. The highest BCUT2D eigenvalue weighted by Crippen LogP contribution is 2.20. The SMILES string of the molecule is O=CCC1CCN(Cc2ccccc2)C1. The number of hydrogen-bond donors (Lipinski definition) is 0. The molecule has 1 aromatic carbocycles. The van der Waals surface area contributed by atoms with E-state index >= 15 is 0 Å². The summed E-state index contributed by atoms with van der Waals surface area (Å²) in [6.07, 6.45) is 2.95. The largest absolute Gasteiger partial charge is 0.303 e. The molecule has 2 heteroatoms. The van der Waals surface area contributed by atoms with E-state index in [1.54, 1.807) is 0 Å². The van der Waals surface area contributed by atoms with Crippen LogP contribution in [0.2, 0.25) is 0 Å². The average molecular weight is 203 g/mol. The van der Waals surface area contributed by atoms with Crippen molar-refractivity contribution in [1.82, 2.24) is 4.90 Å². The minimum Gasteiger partial charge on any atom is -0.303 e. The van der Waals surface area contributed by atoms with Crippen LogP contribution in [0.15, 0.2) is 30.3 Å². The summed E-state index contributed by atoms with van der Waals surface area (Å²) in [5.74, 6) is 0.589. The summed E-state index contributed by atoms with van der Waals surface area (Å²) in [5.41, 5.74) is 1.37. The van der Waals surface area contributed by atoms with E-state index in [0.29, 0.717) is 5.92 Å². The van der Waals surface area contributed by atoms with Gasteiger partial charge in [-0.25, -0.2) is 0 Å². The second kappa shape index (κ2) is 5.08. The first-order valence-corrected chi connectivity index (χ1v) is 5.58. The quantitative estimate of drug-likeness (QED) is 0.698. The van der Waals surface area contributed by atoms with Crippen molar-refractivity contribution in [1.29, 1.82) is 0 Å². The maximum atomic E-state index is 10.4. The fourth-order valence-corrected chi connectivity index (χ4v) is 2.23. The van der Waals surface area contributed by atoms with E-state index in [4.69, 9.17) is 0 Å². The third-order valence-corrected chi connectivity index (χ3v) is 3.05. The third kappa shape index (κ3) is 2.90. The molecule has 1 heterocycles. The Balaban J connectivity index is 1.85. The molecule has 0 saturated carbocycles. The standard InChI is InChI=1S/C13H17NO/c15-9-7-13-6-8-14(11-13)10-12-4-2-1-3-5-12/h1-5,9,13H,6-8,10-11H2. The molecule has 15 heavy (non-hydrogen) atoms. The van der Waals surface area contributed by atoms with Crippen molar-refractivity contribution in [2.75, 3.05) is 13.1 Å². The molecule has 1 unspecified atom stereocenters. The molecule has 1 saturated heterocycles. The molecule has 0 aromatic heterocycles. The number of likely N-dealkylation sites (tertiary alicyclic amines) is 1. The van der Waals surface area contributed by atoms with E-state index in [-0.39, 0.29) is 0 Å². The minimum absolute atomic E-state index is 0.589. The number of rotatable bonds is 4. The lowest BCUT2D eigenvalue weighted by molar-refractivity contribution is -0.108. The molecule has 0 bridgehead atoms. The van der Waals surface area contributed by atoms with Gasteiger partial charge in [0.15, 0.2) is 0 Å². The van der Waals surface area contributed by atoms with E-state index in [1.807, 2.05) is 6.07 Å². The Hall–Kier alpha value is -1.15. The van der Waals surface area contributed by atoms with Crippen molar-refractivity contribution in [3.05, 3.63) is 35.9 Å². The van der Waals surface area contributed by atoms with Crippen molar-refractivity contribution >= 4 is 6.29 Å². The molecule has 0 radical (unpaired) electrons. The van der Waals surface area contributed by atoms with Crippen molar-refractivity contribution in [3.8, 4) is 0 Å². The number of carbonyl (C=O) groups excluding carboxylic acids is 1. The van der Waals surface area contributed by atoms with Gasteiger partial charge in [0.25, 0.3) is 0 Å². The summed E-state index contributed by atoms with van der Waals surface area (Å²) >= 11 is 0. The van der Waals surface area contributed by atoms with Gasteiger partial charge in [0, 0.05) is 19.5 Å². The smallest absolute Gasteiger partial charge is 0.120 e. The van der Waals surface area contributed by atoms with E-state index in [0.717, 1.165) is 32.3 Å². The van der Waals surface area contributed by atoms with Gasteiger partial charge in [-0.1, -0.05) is 30.3 Å². The predicted octanol–water partition coefficient (Wildman–Crippen LogP) is 2.10. The molecule has 80 valence electrons. The Labute approximate surface area is 90.9 Å². The third-order valence-electron chi connectivity index (χ3n) is 3.05. The summed E-state index contributed by atoms with van der Waals surface area (Å²) in [6, 6.07) is 10.5. The Morgan fingerprint density at radius 2 is 2.13 bits per heavy atom. The molecular weight excluding hydrogens is 186 g/mol. The van der Waals surface area contributed by atoms with E-state index in [9.17, 15) is 4.79 Å². The van der Waals surface area contributed by atoms with Crippen LogP contribution in [0.4, 0.5) is 0 Å². The summed E-state index contributed by atoms with van der Waals surface area (Å²) in [7, 11) is 0. The van der Waals surface area contributed by atoms with Crippen LogP contribution >= 0.6 is 0 Å². The molecule has 2 nitrogen and oxygen atoms in total. The zero-order chi connectivity index (χ0) is 10.5. The molecule has 0 spiro atoms. The van der Waals surface area contributed by atoms with Gasteiger partial charge < -0.3 is 4.79 Å². The van der Waals surface area contributed by atoms with E-state index < -0.39 is 0 Å². The zero-order valence-electron chi connectivity index (χ0n) is 8.93. The highest BCUT2D eigenvalue weighted by Gasteiger charge is 2.21. The van der Waals surface area contributed by atoms with Crippen LogP contribution in [0.3, 0.4) is 0 Å². The van der Waals surface area contributed by atoms with Crippen LogP contribution in [-0.4, -0.2) is 24.3 Å². The van der Waals surface area contributed by atoms with Crippen LogP contribution in [0.1, 0.15) is 18.4 Å². The number of nitrogens with zero attached hydrogens (tertiary/aromatic N) is 1. The van der Waals surface area contributed by atoms with E-state index in [1.165, 1.54) is 12.0 Å². The average Bonchev–Trinajstić information content (AvgIpc) is 2.68. The van der Waals surface area contributed by atoms with Gasteiger partial charge in [-0.2, -0.15) is 0 Å². The monoisotopic (exact) mass is 203 g/mol. The Morgan fingerprint density at radius 3 is 2.87 bits per heavy atom. The summed E-state index contributed by atoms with van der Waals surface area (Å²) in [6.45, 7) is 3.23. The van der Waals surface area contributed by atoms with Crippen LogP contribution in [-0.2, 0) is 11.3 Å². The lowest BCUT2D eigenvalue weighted by Crippen LogP contribution is -2.20. The van der Waals surface area contributed by atoms with Crippen molar-refractivity contribution < 1.29 is 4.79 Å². The molecule has 0 aliphatic carbocycles. The predicted molar refractivity (Wildman–Crippen MR) is 60.5 cm³/mol. The zero-order valence-corrected chi connectivity index (χ0v) is 8.93. The molecule has 1 atom stereocenters. The van der Waals surface area contributed by atoms with Crippen LogP contribution in [0.25, 0.3) is 0 Å². The fourth-order valence-electron chi connectivity index (χ4n) is 2.23. The molecule has 0 N–H and O–H groups in total. The lowest BCUT2D eigenvalue weighted by atomic mass is 10.1. The number of hydrogen-bond acceptors (Lipinski definition) is 2. The van der Waals surface area contributed by atoms with Gasteiger partial charge in [-0.05, 0) is 24.4 Å². The van der Waals surface area contributed by atoms with Crippen molar-refractivity contribution in [2.45, 2.75) is 19.4 Å². The first-order chi connectivity index (χ1) is 7.38. The fraction of sp³-hybridized carbons (Fsp3) is 0.462. The first-order valence-electron chi connectivity index (χ1n) is 5.58. The lowest BCUT2D eigenvalue weighted by Gasteiger charge is -2.15. The van der Waals surface area contributed by atoms with Gasteiger partial charge in [-0.3, -0.25) is 4.90 Å². The molecule has 0 amide bonds. The second-order valence-electron chi connectivity index (χ2n) is 4.28. The summed E-state index contributed by atoms with van der Waals surface area (Å²) in [5, 5.41) is 0. The van der Waals surface area contributed by atoms with Crippen molar-refractivity contribution in [2.24, 2.45) is 5.92 Å². The van der Waals surface area contributed by atoms with Gasteiger partial charge in [0.2, 0.25) is 0 Å². The number of carbonyl (C=O) groups is 1. The highest BCUT2D eigenvalue weighted by atomic mass is 16.1. The number of benzene rings is 1. The van der Waals surface area contributed by atoms with E-state index in [2.05, 4.69) is 29.2 Å². The van der Waals surface area contributed by atoms with Gasteiger partial charge in [0.1, 0.15) is 6.29 Å². The molecular formula is C13H17NO. The van der Waals surface area contributed by atoms with Crippen LogP contribution < -0.4 is 0 Å². The van der Waals surface area contributed by atoms with Gasteiger partial charge >= 0.3 is 0 Å². The maximum Gasteiger partial charge on any atom is 0.120 e.